The van der Waals surface area contributed by atoms with Gasteiger partial charge >= 0.3 is 10.1 Å². The number of methoxy groups -OCH3 is 1. The highest BCUT2D eigenvalue weighted by Crippen LogP contribution is 2.36. The van der Waals surface area contributed by atoms with E-state index in [-0.39, 0.29) is 27.7 Å². The summed E-state index contributed by atoms with van der Waals surface area (Å²) >= 11 is 1.89. The number of nitrogens with one attached hydrogen (secondary N) is 1. The van der Waals surface area contributed by atoms with Gasteiger partial charge in [0.05, 0.1) is 10.7 Å². The molecule has 0 aliphatic heterocycles. The number of benzene rings is 3. The summed E-state index contributed by atoms with van der Waals surface area (Å²) in [6.45, 7) is 1.84. The summed E-state index contributed by atoms with van der Waals surface area (Å²) < 4.78 is 36.5. The molecule has 0 saturated heterocycles. The normalized spacial score (nSPS) is 11.4. The van der Waals surface area contributed by atoms with E-state index >= 15 is 0 Å². The first-order chi connectivity index (χ1) is 16.1. The minimum Gasteiger partial charge on any atom is -0.508 e. The van der Waals surface area contributed by atoms with E-state index in [9.17, 15) is 23.6 Å². The lowest BCUT2D eigenvalue weighted by Crippen LogP contribution is -2.13. The van der Waals surface area contributed by atoms with Gasteiger partial charge < -0.3 is 19.3 Å². The number of halogens is 1. The number of amides is 1. The van der Waals surface area contributed by atoms with Crippen molar-refractivity contribution in [1.29, 1.82) is 5.26 Å². The monoisotopic (exact) mass is 590 g/mol. The number of rotatable bonds is 7. The van der Waals surface area contributed by atoms with Crippen LogP contribution in [0.15, 0.2) is 71.1 Å². The molecule has 10 heteroatoms. The number of hydrogen-bond acceptors (Lipinski definition) is 7. The first-order valence-corrected chi connectivity index (χ1v) is 12.2. The van der Waals surface area contributed by atoms with Crippen LogP contribution in [0.4, 0.5) is 5.69 Å². The minimum absolute atomic E-state index is 0.00223. The van der Waals surface area contributed by atoms with E-state index < -0.39 is 16.0 Å². The fraction of sp³-hybridized carbons (Fsp3) is 0.0833. The molecular formula is C24H19IN2O6S. The minimum atomic E-state index is -4.11. The van der Waals surface area contributed by atoms with Crippen molar-refractivity contribution in [2.75, 3.05) is 12.4 Å². The molecule has 174 valence electrons. The van der Waals surface area contributed by atoms with Crippen molar-refractivity contribution in [3.63, 3.8) is 0 Å². The predicted octanol–water partition coefficient (Wildman–Crippen LogP) is 4.63. The number of phenols is 1. The van der Waals surface area contributed by atoms with Crippen LogP contribution in [0.1, 0.15) is 11.1 Å². The Morgan fingerprint density at radius 1 is 1.12 bits per heavy atom. The van der Waals surface area contributed by atoms with Crippen LogP contribution in [0.25, 0.3) is 6.08 Å². The van der Waals surface area contributed by atoms with E-state index in [0.717, 1.165) is 5.56 Å². The lowest BCUT2D eigenvalue weighted by molar-refractivity contribution is -0.112. The molecule has 0 spiro atoms. The van der Waals surface area contributed by atoms with Gasteiger partial charge in [-0.15, -0.1) is 0 Å². The Labute approximate surface area is 210 Å². The molecular weight excluding hydrogens is 571 g/mol. The summed E-state index contributed by atoms with van der Waals surface area (Å²) in [4.78, 5) is 12.5. The average Bonchev–Trinajstić information content (AvgIpc) is 2.80. The summed E-state index contributed by atoms with van der Waals surface area (Å²) in [6, 6.07) is 16.9. The number of nitriles is 1. The molecule has 0 aliphatic rings. The molecule has 8 nitrogen and oxygen atoms in total. The largest absolute Gasteiger partial charge is 0.508 e. The van der Waals surface area contributed by atoms with Crippen LogP contribution in [0, 0.1) is 21.8 Å². The van der Waals surface area contributed by atoms with Gasteiger partial charge in [-0.2, -0.15) is 13.7 Å². The Balaban J connectivity index is 1.90. The molecule has 0 fully saturated rings. The zero-order chi connectivity index (χ0) is 24.9. The van der Waals surface area contributed by atoms with Crippen LogP contribution >= 0.6 is 22.6 Å². The quantitative estimate of drug-likeness (QED) is 0.135. The molecule has 0 saturated carbocycles. The maximum absolute atomic E-state index is 12.7. The third kappa shape index (κ3) is 6.06. The van der Waals surface area contributed by atoms with Crippen LogP contribution in [-0.2, 0) is 14.9 Å². The van der Waals surface area contributed by atoms with Crippen molar-refractivity contribution < 1.29 is 27.2 Å². The van der Waals surface area contributed by atoms with Crippen molar-refractivity contribution >= 4 is 50.4 Å². The molecule has 34 heavy (non-hydrogen) atoms. The Bertz CT molecular complexity index is 1390. The number of carbonyl (C=O) groups is 1. The lowest BCUT2D eigenvalue weighted by Gasteiger charge is -2.14. The first-order valence-electron chi connectivity index (χ1n) is 9.74. The zero-order valence-electron chi connectivity index (χ0n) is 18.1. The van der Waals surface area contributed by atoms with Gasteiger partial charge in [-0.1, -0.05) is 17.7 Å². The molecule has 0 atom stereocenters. The number of anilines is 1. The molecule has 3 rings (SSSR count). The smallest absolute Gasteiger partial charge is 0.339 e. The highest BCUT2D eigenvalue weighted by molar-refractivity contribution is 14.1. The van der Waals surface area contributed by atoms with E-state index in [1.807, 2.05) is 35.6 Å². The molecule has 2 N–H and O–H groups in total. The van der Waals surface area contributed by atoms with Crippen molar-refractivity contribution in [3.05, 3.63) is 80.9 Å². The molecule has 0 aromatic heterocycles. The number of aromatic hydroxyl groups is 1. The van der Waals surface area contributed by atoms with E-state index in [1.54, 1.807) is 18.2 Å². The molecule has 0 bridgehead atoms. The standard InChI is InChI=1S/C24H19IN2O6S/c1-15-3-9-20(10-4-15)34(30,31)33-23-21(25)12-16(13-22(23)32-2)11-17(14-26)24(29)27-18-5-7-19(28)8-6-18/h3-13,28H,1-2H3,(H,27,29)/b17-11+. The number of nitrogens with zero attached hydrogens (tertiary/aromatic N) is 1. The van der Waals surface area contributed by atoms with Crippen LogP contribution in [0.3, 0.4) is 0 Å². The summed E-state index contributed by atoms with van der Waals surface area (Å²) in [7, 11) is -2.76. The second-order valence-corrected chi connectivity index (χ2v) is 9.76. The van der Waals surface area contributed by atoms with Gasteiger partial charge in [0.25, 0.3) is 5.91 Å². The molecule has 1 amide bonds. The molecule has 0 heterocycles. The van der Waals surface area contributed by atoms with Gasteiger partial charge in [0.1, 0.15) is 22.3 Å². The van der Waals surface area contributed by atoms with E-state index in [0.29, 0.717) is 14.8 Å². The highest BCUT2D eigenvalue weighted by atomic mass is 127. The van der Waals surface area contributed by atoms with Crippen molar-refractivity contribution in [2.45, 2.75) is 11.8 Å². The fourth-order valence-electron chi connectivity index (χ4n) is 2.83. The van der Waals surface area contributed by atoms with Gasteiger partial charge in [0.15, 0.2) is 11.5 Å². The number of aryl methyl sites for hydroxylation is 1. The molecule has 3 aromatic rings. The second-order valence-electron chi connectivity index (χ2n) is 7.06. The van der Waals surface area contributed by atoms with Gasteiger partial charge in [0, 0.05) is 5.69 Å². The highest BCUT2D eigenvalue weighted by Gasteiger charge is 2.22. The first kappa shape index (κ1) is 25.1. The van der Waals surface area contributed by atoms with Crippen LogP contribution in [0.2, 0.25) is 0 Å². The van der Waals surface area contributed by atoms with Crippen molar-refractivity contribution in [2.24, 2.45) is 0 Å². The fourth-order valence-corrected chi connectivity index (χ4v) is 4.67. The van der Waals surface area contributed by atoms with Gasteiger partial charge in [-0.3, -0.25) is 4.79 Å². The molecule has 0 unspecified atom stereocenters. The number of ether oxygens (including phenoxy) is 1. The lowest BCUT2D eigenvalue weighted by atomic mass is 10.1. The third-order valence-corrected chi connectivity index (χ3v) is 6.59. The number of carbonyl (C=O) groups excluding carboxylic acids is 1. The van der Waals surface area contributed by atoms with Gasteiger partial charge in [-0.25, -0.2) is 0 Å². The summed E-state index contributed by atoms with van der Waals surface area (Å²) in [5.74, 6) is -0.496. The Morgan fingerprint density at radius 3 is 2.35 bits per heavy atom. The summed E-state index contributed by atoms with van der Waals surface area (Å²) in [5.41, 5.74) is 1.55. The van der Waals surface area contributed by atoms with Crippen molar-refractivity contribution in [1.82, 2.24) is 0 Å². The van der Waals surface area contributed by atoms with Crippen LogP contribution in [0.5, 0.6) is 17.2 Å². The summed E-state index contributed by atoms with van der Waals surface area (Å²) in [6.07, 6.45) is 1.35. The van der Waals surface area contributed by atoms with Crippen molar-refractivity contribution in [3.8, 4) is 23.3 Å². The SMILES string of the molecule is COc1cc(/C=C(\C#N)C(=O)Nc2ccc(O)cc2)cc(I)c1OS(=O)(=O)c1ccc(C)cc1. The van der Waals surface area contributed by atoms with E-state index in [1.165, 1.54) is 55.7 Å². The zero-order valence-corrected chi connectivity index (χ0v) is 21.0. The number of hydrogen-bond donors (Lipinski definition) is 2. The Morgan fingerprint density at radius 2 is 1.76 bits per heavy atom. The molecule has 3 aromatic carbocycles. The second kappa shape index (κ2) is 10.6. The average molecular weight is 590 g/mol. The topological polar surface area (TPSA) is 126 Å². The summed E-state index contributed by atoms with van der Waals surface area (Å²) in [5, 5.41) is 21.4. The predicted molar refractivity (Wildman–Crippen MR) is 135 cm³/mol. The third-order valence-electron chi connectivity index (χ3n) is 4.56. The van der Waals surface area contributed by atoms with Gasteiger partial charge in [-0.05, 0) is 89.7 Å². The number of phenolic OH excluding ortho intramolecular Hbond substituents is 1. The van der Waals surface area contributed by atoms with Gasteiger partial charge in [0.2, 0.25) is 0 Å². The molecule has 0 aliphatic carbocycles. The Kier molecular flexibility index (Phi) is 7.80. The Hall–Kier alpha value is -3.56. The van der Waals surface area contributed by atoms with E-state index in [2.05, 4.69) is 5.32 Å². The van der Waals surface area contributed by atoms with Crippen LogP contribution < -0.4 is 14.2 Å². The molecule has 0 radical (unpaired) electrons. The van der Waals surface area contributed by atoms with E-state index in [4.69, 9.17) is 8.92 Å². The maximum Gasteiger partial charge on any atom is 0.339 e. The maximum atomic E-state index is 12.7. The van der Waals surface area contributed by atoms with Crippen LogP contribution in [-0.4, -0.2) is 26.5 Å².